The summed E-state index contributed by atoms with van der Waals surface area (Å²) in [6.07, 6.45) is -2.19. The first kappa shape index (κ1) is 9.36. The van der Waals surface area contributed by atoms with Crippen molar-refractivity contribution in [1.29, 1.82) is 0 Å². The first-order chi connectivity index (χ1) is 4.59. The van der Waals surface area contributed by atoms with E-state index in [9.17, 15) is 13.6 Å². The van der Waals surface area contributed by atoms with Gasteiger partial charge in [-0.1, -0.05) is 6.08 Å². The van der Waals surface area contributed by atoms with Gasteiger partial charge in [0.05, 0.1) is 5.57 Å². The van der Waals surface area contributed by atoms with Gasteiger partial charge in [-0.15, -0.1) is 11.6 Å². The molecule has 0 aliphatic heterocycles. The summed E-state index contributed by atoms with van der Waals surface area (Å²) in [6, 6.07) is 0. The minimum atomic E-state index is -2.96. The van der Waals surface area contributed by atoms with E-state index < -0.39 is 18.0 Å². The number of allylic oxidation sites excluding steroid dienone is 1. The molecule has 0 aliphatic rings. The van der Waals surface area contributed by atoms with Crippen LogP contribution in [0.2, 0.25) is 0 Å². The van der Waals surface area contributed by atoms with Gasteiger partial charge >= 0.3 is 5.97 Å². The Morgan fingerprint density at radius 1 is 1.70 bits per heavy atom. The van der Waals surface area contributed by atoms with Gasteiger partial charge in [0.1, 0.15) is 0 Å². The number of hydrogen-bond donors (Lipinski definition) is 1. The third kappa shape index (κ3) is 2.77. The monoisotopic (exact) mass is 170 g/mol. The zero-order valence-electron chi connectivity index (χ0n) is 4.85. The Morgan fingerprint density at radius 3 is 2.30 bits per heavy atom. The number of halogens is 3. The molecule has 58 valence electrons. The average Bonchev–Trinajstić information content (AvgIpc) is 1.81. The molecule has 0 spiro atoms. The normalized spacial score (nSPS) is 12.2. The number of alkyl halides is 3. The number of rotatable bonds is 3. The summed E-state index contributed by atoms with van der Waals surface area (Å²) in [5.41, 5.74) is -0.949. The molecule has 0 amide bonds. The SMILES string of the molecule is O=C(O)C(=CCCl)C(F)F. The van der Waals surface area contributed by atoms with Crippen molar-refractivity contribution < 1.29 is 18.7 Å². The van der Waals surface area contributed by atoms with Crippen LogP contribution in [-0.4, -0.2) is 23.4 Å². The van der Waals surface area contributed by atoms with Crippen molar-refractivity contribution in [2.24, 2.45) is 0 Å². The molecule has 0 bridgehead atoms. The predicted molar refractivity (Wildman–Crippen MR) is 32.4 cm³/mol. The van der Waals surface area contributed by atoms with Gasteiger partial charge in [-0.2, -0.15) is 0 Å². The summed E-state index contributed by atoms with van der Waals surface area (Å²) >= 11 is 5.01. The second-order valence-corrected chi connectivity index (χ2v) is 1.73. The van der Waals surface area contributed by atoms with Gasteiger partial charge in [0.15, 0.2) is 0 Å². The lowest BCUT2D eigenvalue weighted by Gasteiger charge is -1.96. The zero-order chi connectivity index (χ0) is 8.15. The minimum absolute atomic E-state index is 0.216. The van der Waals surface area contributed by atoms with Gasteiger partial charge in [0, 0.05) is 5.88 Å². The number of hydrogen-bond acceptors (Lipinski definition) is 1. The highest BCUT2D eigenvalue weighted by atomic mass is 35.5. The van der Waals surface area contributed by atoms with Crippen LogP contribution in [0.5, 0.6) is 0 Å². The van der Waals surface area contributed by atoms with Gasteiger partial charge in [-0.25, -0.2) is 13.6 Å². The van der Waals surface area contributed by atoms with Crippen molar-refractivity contribution in [2.75, 3.05) is 5.88 Å². The highest BCUT2D eigenvalue weighted by Crippen LogP contribution is 2.08. The highest BCUT2D eigenvalue weighted by molar-refractivity contribution is 6.19. The van der Waals surface area contributed by atoms with Gasteiger partial charge in [-0.3, -0.25) is 0 Å². The standard InChI is InChI=1S/C5H5ClF2O2/c6-2-1-3(4(7)8)5(9)10/h1,4H,2H2,(H,9,10). The van der Waals surface area contributed by atoms with Crippen molar-refractivity contribution in [3.63, 3.8) is 0 Å². The van der Waals surface area contributed by atoms with Crippen LogP contribution >= 0.6 is 11.6 Å². The van der Waals surface area contributed by atoms with Crippen LogP contribution in [-0.2, 0) is 4.79 Å². The molecule has 0 fully saturated rings. The largest absolute Gasteiger partial charge is 0.478 e. The lowest BCUT2D eigenvalue weighted by atomic mass is 10.3. The van der Waals surface area contributed by atoms with Crippen LogP contribution in [0.15, 0.2) is 11.6 Å². The second kappa shape index (κ2) is 4.22. The molecule has 0 heterocycles. The molecule has 5 heteroatoms. The number of carboxylic acid groups (broad SMARTS) is 1. The molecule has 0 atom stereocenters. The van der Waals surface area contributed by atoms with E-state index in [0.717, 1.165) is 6.08 Å². The number of aliphatic carboxylic acids is 1. The Kier molecular flexibility index (Phi) is 3.95. The zero-order valence-corrected chi connectivity index (χ0v) is 5.61. The lowest BCUT2D eigenvalue weighted by molar-refractivity contribution is -0.134. The molecule has 0 rings (SSSR count). The van der Waals surface area contributed by atoms with Crippen LogP contribution in [0.1, 0.15) is 0 Å². The first-order valence-electron chi connectivity index (χ1n) is 2.37. The summed E-state index contributed by atoms with van der Waals surface area (Å²) in [5, 5.41) is 8.07. The summed E-state index contributed by atoms with van der Waals surface area (Å²) in [7, 11) is 0. The maximum atomic E-state index is 11.6. The Labute approximate surface area is 61.1 Å². The van der Waals surface area contributed by atoms with Crippen molar-refractivity contribution >= 4 is 17.6 Å². The Bertz CT molecular complexity index is 156. The van der Waals surface area contributed by atoms with Crippen LogP contribution in [0.25, 0.3) is 0 Å². The summed E-state index contributed by atoms with van der Waals surface area (Å²) < 4.78 is 23.3. The van der Waals surface area contributed by atoms with Gasteiger partial charge in [0.25, 0.3) is 6.43 Å². The molecule has 0 aromatic carbocycles. The van der Waals surface area contributed by atoms with Crippen molar-refractivity contribution in [3.05, 3.63) is 11.6 Å². The van der Waals surface area contributed by atoms with E-state index in [2.05, 4.69) is 0 Å². The molecular formula is C5H5ClF2O2. The Morgan fingerprint density at radius 2 is 2.20 bits per heavy atom. The van der Waals surface area contributed by atoms with Gasteiger partial charge in [-0.05, 0) is 0 Å². The molecule has 1 N–H and O–H groups in total. The second-order valence-electron chi connectivity index (χ2n) is 1.42. The van der Waals surface area contributed by atoms with E-state index in [1.807, 2.05) is 0 Å². The molecule has 0 unspecified atom stereocenters. The first-order valence-corrected chi connectivity index (χ1v) is 2.90. The van der Waals surface area contributed by atoms with Crippen LogP contribution in [0.3, 0.4) is 0 Å². The summed E-state index contributed by atoms with van der Waals surface area (Å²) in [5.74, 6) is -1.85. The predicted octanol–water partition coefficient (Wildman–Crippen LogP) is 1.50. The van der Waals surface area contributed by atoms with Crippen LogP contribution < -0.4 is 0 Å². The maximum absolute atomic E-state index is 11.6. The summed E-state index contributed by atoms with van der Waals surface area (Å²) in [4.78, 5) is 9.92. The minimum Gasteiger partial charge on any atom is -0.478 e. The lowest BCUT2D eigenvalue weighted by Crippen LogP contribution is -2.09. The van der Waals surface area contributed by atoms with E-state index in [1.54, 1.807) is 0 Å². The van der Waals surface area contributed by atoms with Gasteiger partial charge in [0.2, 0.25) is 0 Å². The molecule has 2 nitrogen and oxygen atoms in total. The number of carbonyl (C=O) groups is 1. The van der Waals surface area contributed by atoms with Crippen molar-refractivity contribution in [2.45, 2.75) is 6.43 Å². The average molecular weight is 171 g/mol. The Balaban J connectivity index is 4.27. The fourth-order valence-corrected chi connectivity index (χ4v) is 0.519. The van der Waals surface area contributed by atoms with Crippen molar-refractivity contribution in [1.82, 2.24) is 0 Å². The fraction of sp³-hybridized carbons (Fsp3) is 0.400. The molecule has 0 aromatic rings. The molecule has 0 radical (unpaired) electrons. The topological polar surface area (TPSA) is 37.3 Å². The molecule has 0 saturated carbocycles. The van der Waals surface area contributed by atoms with Gasteiger partial charge < -0.3 is 5.11 Å². The fourth-order valence-electron chi connectivity index (χ4n) is 0.353. The van der Waals surface area contributed by atoms with Crippen LogP contribution in [0.4, 0.5) is 8.78 Å². The molecule has 0 aliphatic carbocycles. The van der Waals surface area contributed by atoms with E-state index in [1.165, 1.54) is 0 Å². The van der Waals surface area contributed by atoms with E-state index >= 15 is 0 Å². The Hall–Kier alpha value is -0.640. The molecular weight excluding hydrogens is 166 g/mol. The third-order valence-corrected chi connectivity index (χ3v) is 0.933. The summed E-state index contributed by atoms with van der Waals surface area (Å²) in [6.45, 7) is 0. The quantitative estimate of drug-likeness (QED) is 0.515. The maximum Gasteiger partial charge on any atom is 0.337 e. The molecule has 10 heavy (non-hydrogen) atoms. The number of carboxylic acids is 1. The van der Waals surface area contributed by atoms with Crippen LogP contribution in [0, 0.1) is 0 Å². The smallest absolute Gasteiger partial charge is 0.337 e. The van der Waals surface area contributed by atoms with E-state index in [0.29, 0.717) is 0 Å². The highest BCUT2D eigenvalue weighted by Gasteiger charge is 2.17. The third-order valence-electron chi connectivity index (χ3n) is 0.779. The molecule has 0 aromatic heterocycles. The van der Waals surface area contributed by atoms with E-state index in [-0.39, 0.29) is 5.88 Å². The van der Waals surface area contributed by atoms with Crippen molar-refractivity contribution in [3.8, 4) is 0 Å². The molecule has 0 saturated heterocycles. The van der Waals surface area contributed by atoms with E-state index in [4.69, 9.17) is 16.7 Å².